The molecule has 0 aliphatic heterocycles. The van der Waals surface area contributed by atoms with E-state index in [9.17, 15) is 19.5 Å². The summed E-state index contributed by atoms with van der Waals surface area (Å²) >= 11 is 0. The van der Waals surface area contributed by atoms with Gasteiger partial charge in [0.15, 0.2) is 6.04 Å². The van der Waals surface area contributed by atoms with Crippen molar-refractivity contribution in [3.05, 3.63) is 86.7 Å². The number of para-hydroxylation sites is 1. The Hall–Kier alpha value is -4.60. The molecule has 0 fully saturated rings. The van der Waals surface area contributed by atoms with Crippen molar-refractivity contribution in [2.75, 3.05) is 14.2 Å². The molecule has 2 aromatic carbocycles. The van der Waals surface area contributed by atoms with Crippen molar-refractivity contribution in [2.45, 2.75) is 25.8 Å². The summed E-state index contributed by atoms with van der Waals surface area (Å²) in [4.78, 5) is 48.0. The van der Waals surface area contributed by atoms with Crippen LogP contribution in [-0.4, -0.2) is 51.6 Å². The molecule has 186 valence electrons. The number of rotatable bonds is 8. The molecule has 3 N–H and O–H groups in total. The average molecular weight is 491 g/mol. The number of aromatic nitrogens is 3. The van der Waals surface area contributed by atoms with E-state index >= 15 is 0 Å². The number of nitrogens with zero attached hydrogens (tertiary/aromatic N) is 2. The second-order valence-corrected chi connectivity index (χ2v) is 8.02. The Morgan fingerprint density at radius 1 is 1.11 bits per heavy atom. The van der Waals surface area contributed by atoms with Gasteiger partial charge in [0.1, 0.15) is 11.3 Å². The third-order valence-corrected chi connectivity index (χ3v) is 5.91. The number of carbonyl (C=O) groups excluding carboxylic acids is 1. The quantitative estimate of drug-likeness (QED) is 0.256. The molecule has 0 bridgehead atoms. The highest BCUT2D eigenvalue weighted by atomic mass is 16.5. The Labute approximate surface area is 205 Å². The smallest absolute Gasteiger partial charge is 0.335 e. The van der Waals surface area contributed by atoms with E-state index in [0.717, 1.165) is 21.0 Å². The van der Waals surface area contributed by atoms with E-state index in [1.165, 1.54) is 14.2 Å². The van der Waals surface area contributed by atoms with E-state index in [-0.39, 0.29) is 24.1 Å². The summed E-state index contributed by atoms with van der Waals surface area (Å²) in [7, 11) is 2.77. The maximum Gasteiger partial charge on any atom is 0.335 e. The molecule has 10 heteroatoms. The lowest BCUT2D eigenvalue weighted by atomic mass is 10.0. The number of carbonyl (C=O) groups is 1. The van der Waals surface area contributed by atoms with Crippen molar-refractivity contribution < 1.29 is 19.4 Å². The minimum atomic E-state index is -0.982. The van der Waals surface area contributed by atoms with Crippen LogP contribution in [0, 0.1) is 0 Å². The van der Waals surface area contributed by atoms with Gasteiger partial charge < -0.3 is 19.6 Å². The predicted octanol–water partition coefficient (Wildman–Crippen LogP) is 2.70. The molecule has 4 rings (SSSR count). The summed E-state index contributed by atoms with van der Waals surface area (Å²) in [6.45, 7) is 1.74. The number of aromatic hydroxyl groups is 1. The summed E-state index contributed by atoms with van der Waals surface area (Å²) in [5, 5.41) is 12.0. The molecule has 1 atom stereocenters. The predicted molar refractivity (Wildman–Crippen MR) is 136 cm³/mol. The van der Waals surface area contributed by atoms with E-state index in [2.05, 4.69) is 15.0 Å². The molecule has 36 heavy (non-hydrogen) atoms. The summed E-state index contributed by atoms with van der Waals surface area (Å²) in [5.74, 6) is -0.610. The van der Waals surface area contributed by atoms with Crippen molar-refractivity contribution >= 4 is 22.6 Å². The molecule has 10 nitrogen and oxygen atoms in total. The number of benzene rings is 2. The number of ether oxygens (including phenoxy) is 2. The van der Waals surface area contributed by atoms with Gasteiger partial charge in [-0.15, -0.1) is 0 Å². The monoisotopic (exact) mass is 490 g/mol. The van der Waals surface area contributed by atoms with E-state index < -0.39 is 29.1 Å². The maximum absolute atomic E-state index is 12.8. The van der Waals surface area contributed by atoms with E-state index in [0.29, 0.717) is 11.4 Å². The Balaban J connectivity index is 1.81. The summed E-state index contributed by atoms with van der Waals surface area (Å²) in [6, 6.07) is 13.1. The molecule has 0 amide bonds. The molecule has 0 unspecified atom stereocenters. The van der Waals surface area contributed by atoms with Gasteiger partial charge in [-0.05, 0) is 42.3 Å². The van der Waals surface area contributed by atoms with Crippen LogP contribution in [0.1, 0.15) is 24.5 Å². The molecule has 2 aromatic heterocycles. The van der Waals surface area contributed by atoms with Gasteiger partial charge >= 0.3 is 11.7 Å². The number of hydrogen-bond acceptors (Lipinski definition) is 7. The SMILES string of the molecule is CCC(=N[C@@H](Cc1c[nH]c2ccccc12)C(=O)OC)c1c(O)n(-c2ccc(OC)cc2)c(=O)[nH]c1=O. The van der Waals surface area contributed by atoms with Gasteiger partial charge in [-0.25, -0.2) is 14.2 Å². The van der Waals surface area contributed by atoms with E-state index in [4.69, 9.17) is 9.47 Å². The molecule has 0 aliphatic rings. The molecule has 0 radical (unpaired) electrons. The van der Waals surface area contributed by atoms with Crippen molar-refractivity contribution in [3.63, 3.8) is 0 Å². The highest BCUT2D eigenvalue weighted by Gasteiger charge is 2.25. The van der Waals surface area contributed by atoms with E-state index in [1.807, 2.05) is 24.3 Å². The fourth-order valence-corrected chi connectivity index (χ4v) is 4.10. The van der Waals surface area contributed by atoms with Gasteiger partial charge in [0.25, 0.3) is 5.56 Å². The largest absolute Gasteiger partial charge is 0.497 e. The first-order chi connectivity index (χ1) is 17.4. The zero-order chi connectivity index (χ0) is 25.8. The highest BCUT2D eigenvalue weighted by Crippen LogP contribution is 2.23. The van der Waals surface area contributed by atoms with Crippen LogP contribution in [0.4, 0.5) is 0 Å². The van der Waals surface area contributed by atoms with Gasteiger partial charge in [0, 0.05) is 23.5 Å². The van der Waals surface area contributed by atoms with Crippen LogP contribution in [0.15, 0.2) is 69.3 Å². The number of aliphatic imine (C=N–C) groups is 1. The minimum absolute atomic E-state index is 0.159. The lowest BCUT2D eigenvalue weighted by Gasteiger charge is -2.15. The summed E-state index contributed by atoms with van der Waals surface area (Å²) in [5.41, 5.74) is 0.420. The zero-order valence-electron chi connectivity index (χ0n) is 20.1. The molecule has 4 aromatic rings. The standard InChI is InChI=1S/C26H26N4O6/c1-4-19(28-21(25(33)36-3)13-15-14-27-20-8-6-5-7-18(15)20)22-23(31)29-26(34)30(24(22)32)16-9-11-17(35-2)12-10-16/h5-12,14,21,27,32H,4,13H2,1-3H3,(H,29,31,34)/t21-/m0/s1. The van der Waals surface area contributed by atoms with Gasteiger partial charge in [0.2, 0.25) is 5.88 Å². The van der Waals surface area contributed by atoms with Crippen LogP contribution < -0.4 is 16.0 Å². The number of esters is 1. The van der Waals surface area contributed by atoms with Crippen molar-refractivity contribution in [1.82, 2.24) is 14.5 Å². The number of nitrogens with one attached hydrogen (secondary N) is 2. The van der Waals surface area contributed by atoms with Crippen LogP contribution in [0.2, 0.25) is 0 Å². The van der Waals surface area contributed by atoms with Gasteiger partial charge in [-0.3, -0.25) is 14.8 Å². The van der Waals surface area contributed by atoms with E-state index in [1.54, 1.807) is 37.4 Å². The summed E-state index contributed by atoms with van der Waals surface area (Å²) in [6.07, 6.45) is 2.21. The van der Waals surface area contributed by atoms with Crippen molar-refractivity contribution in [3.8, 4) is 17.3 Å². The first kappa shape index (κ1) is 24.5. The Morgan fingerprint density at radius 3 is 2.50 bits per heavy atom. The molecule has 0 spiro atoms. The van der Waals surface area contributed by atoms with Crippen LogP contribution >= 0.6 is 0 Å². The first-order valence-corrected chi connectivity index (χ1v) is 11.3. The molecular formula is C26H26N4O6. The second kappa shape index (κ2) is 10.3. The number of H-pyrrole nitrogens is 2. The Bertz CT molecular complexity index is 1550. The number of aromatic amines is 2. The zero-order valence-corrected chi connectivity index (χ0v) is 20.1. The minimum Gasteiger partial charge on any atom is -0.497 e. The third kappa shape index (κ3) is 4.65. The summed E-state index contributed by atoms with van der Waals surface area (Å²) < 4.78 is 11.1. The normalized spacial score (nSPS) is 12.5. The van der Waals surface area contributed by atoms with Crippen LogP contribution in [-0.2, 0) is 16.0 Å². The Morgan fingerprint density at radius 2 is 1.83 bits per heavy atom. The van der Waals surface area contributed by atoms with Crippen LogP contribution in [0.25, 0.3) is 16.6 Å². The molecule has 0 aliphatic carbocycles. The third-order valence-electron chi connectivity index (χ3n) is 5.91. The topological polar surface area (TPSA) is 139 Å². The average Bonchev–Trinajstić information content (AvgIpc) is 3.29. The highest BCUT2D eigenvalue weighted by molar-refractivity contribution is 6.03. The molecule has 2 heterocycles. The lowest BCUT2D eigenvalue weighted by Crippen LogP contribution is -2.34. The van der Waals surface area contributed by atoms with Gasteiger partial charge in [-0.2, -0.15) is 0 Å². The first-order valence-electron chi connectivity index (χ1n) is 11.3. The second-order valence-electron chi connectivity index (χ2n) is 8.02. The van der Waals surface area contributed by atoms with Crippen molar-refractivity contribution in [2.24, 2.45) is 4.99 Å². The number of hydrogen-bond donors (Lipinski definition) is 3. The van der Waals surface area contributed by atoms with Crippen molar-refractivity contribution in [1.29, 1.82) is 0 Å². The lowest BCUT2D eigenvalue weighted by molar-refractivity contribution is -0.142. The fourth-order valence-electron chi connectivity index (χ4n) is 4.10. The number of fused-ring (bicyclic) bond motifs is 1. The van der Waals surface area contributed by atoms with Gasteiger partial charge in [0.05, 0.1) is 25.6 Å². The molecule has 0 saturated heterocycles. The molecule has 0 saturated carbocycles. The van der Waals surface area contributed by atoms with Crippen LogP contribution in [0.3, 0.4) is 0 Å². The van der Waals surface area contributed by atoms with Crippen LogP contribution in [0.5, 0.6) is 11.6 Å². The molecular weight excluding hydrogens is 464 g/mol. The maximum atomic E-state index is 12.8. The Kier molecular flexibility index (Phi) is 7.05. The fraction of sp³-hybridized carbons (Fsp3) is 0.231. The number of methoxy groups -OCH3 is 2. The van der Waals surface area contributed by atoms with Gasteiger partial charge in [-0.1, -0.05) is 25.1 Å².